The van der Waals surface area contributed by atoms with Crippen molar-refractivity contribution in [2.24, 2.45) is 11.7 Å². The summed E-state index contributed by atoms with van der Waals surface area (Å²) in [6.07, 6.45) is 4.75. The van der Waals surface area contributed by atoms with Crippen LogP contribution in [0, 0.1) is 5.92 Å². The average Bonchev–Trinajstić information content (AvgIpc) is 2.67. The molecule has 2 heteroatoms. The van der Waals surface area contributed by atoms with Crippen LogP contribution in [0.15, 0.2) is 0 Å². The maximum atomic E-state index is 11.1. The molecule has 0 aromatic heterocycles. The monoisotopic (exact) mass is 155 g/mol. The third-order valence-electron chi connectivity index (χ3n) is 2.22. The van der Waals surface area contributed by atoms with E-state index >= 15 is 0 Å². The molecule has 0 spiro atoms. The number of Topliss-reactive ketones (excluding diaryl/α,β-unsaturated/α-hetero) is 1. The summed E-state index contributed by atoms with van der Waals surface area (Å²) in [7, 11) is 0. The molecule has 0 unspecified atom stereocenters. The Hall–Kier alpha value is -0.370. The van der Waals surface area contributed by atoms with Gasteiger partial charge in [-0.3, -0.25) is 4.79 Å². The summed E-state index contributed by atoms with van der Waals surface area (Å²) in [6.45, 7) is 2.03. The molecule has 1 aliphatic carbocycles. The average molecular weight is 155 g/mol. The van der Waals surface area contributed by atoms with Crippen molar-refractivity contribution in [3.05, 3.63) is 0 Å². The first-order chi connectivity index (χ1) is 5.24. The summed E-state index contributed by atoms with van der Waals surface area (Å²) in [5, 5.41) is 0. The van der Waals surface area contributed by atoms with Gasteiger partial charge in [-0.05, 0) is 25.2 Å². The second-order valence-corrected chi connectivity index (χ2v) is 3.49. The highest BCUT2D eigenvalue weighted by atomic mass is 16.1. The number of carbonyl (C=O) groups excluding carboxylic acids is 1. The SMILES string of the molecule is CCCC(=O)C[C@H](N)C1CC1. The Morgan fingerprint density at radius 1 is 1.64 bits per heavy atom. The lowest BCUT2D eigenvalue weighted by atomic mass is 10.0. The fourth-order valence-electron chi connectivity index (χ4n) is 1.33. The van der Waals surface area contributed by atoms with Crippen LogP contribution in [0.4, 0.5) is 0 Å². The molecule has 2 nitrogen and oxygen atoms in total. The first-order valence-electron chi connectivity index (χ1n) is 4.51. The topological polar surface area (TPSA) is 43.1 Å². The second-order valence-electron chi connectivity index (χ2n) is 3.49. The van der Waals surface area contributed by atoms with E-state index < -0.39 is 0 Å². The lowest BCUT2D eigenvalue weighted by Crippen LogP contribution is -2.25. The summed E-state index contributed by atoms with van der Waals surface area (Å²) in [5.74, 6) is 1.00. The summed E-state index contributed by atoms with van der Waals surface area (Å²) < 4.78 is 0. The highest BCUT2D eigenvalue weighted by Crippen LogP contribution is 2.32. The van der Waals surface area contributed by atoms with Crippen molar-refractivity contribution in [3.63, 3.8) is 0 Å². The Morgan fingerprint density at radius 3 is 2.73 bits per heavy atom. The molecule has 1 rings (SSSR count). The minimum atomic E-state index is 0.161. The van der Waals surface area contributed by atoms with Crippen LogP contribution in [-0.2, 0) is 4.79 Å². The van der Waals surface area contributed by atoms with Gasteiger partial charge < -0.3 is 5.73 Å². The number of hydrogen-bond acceptors (Lipinski definition) is 2. The van der Waals surface area contributed by atoms with E-state index in [-0.39, 0.29) is 6.04 Å². The lowest BCUT2D eigenvalue weighted by molar-refractivity contribution is -0.119. The Kier molecular flexibility index (Phi) is 3.06. The van der Waals surface area contributed by atoms with Crippen LogP contribution in [0.2, 0.25) is 0 Å². The minimum absolute atomic E-state index is 0.161. The predicted octanol–water partition coefficient (Wildman–Crippen LogP) is 1.48. The molecule has 0 bridgehead atoms. The van der Waals surface area contributed by atoms with Crippen molar-refractivity contribution in [1.82, 2.24) is 0 Å². The number of carbonyl (C=O) groups is 1. The molecule has 0 amide bonds. The zero-order valence-electron chi connectivity index (χ0n) is 7.18. The zero-order chi connectivity index (χ0) is 8.27. The van der Waals surface area contributed by atoms with Crippen molar-refractivity contribution in [2.45, 2.75) is 45.1 Å². The first-order valence-corrected chi connectivity index (χ1v) is 4.51. The van der Waals surface area contributed by atoms with Crippen molar-refractivity contribution >= 4 is 5.78 Å². The van der Waals surface area contributed by atoms with Gasteiger partial charge in [-0.2, -0.15) is 0 Å². The normalized spacial score (nSPS) is 19.8. The van der Waals surface area contributed by atoms with E-state index in [1.807, 2.05) is 6.92 Å². The first kappa shape index (κ1) is 8.72. The van der Waals surface area contributed by atoms with Crippen LogP contribution in [0.25, 0.3) is 0 Å². The van der Waals surface area contributed by atoms with Crippen LogP contribution in [0.5, 0.6) is 0 Å². The maximum absolute atomic E-state index is 11.1. The largest absolute Gasteiger partial charge is 0.327 e. The summed E-state index contributed by atoms with van der Waals surface area (Å²) in [6, 6.07) is 0.161. The van der Waals surface area contributed by atoms with Gasteiger partial charge in [0.15, 0.2) is 0 Å². The van der Waals surface area contributed by atoms with Crippen LogP contribution in [0.1, 0.15) is 39.0 Å². The van der Waals surface area contributed by atoms with Crippen LogP contribution in [0.3, 0.4) is 0 Å². The van der Waals surface area contributed by atoms with Gasteiger partial charge in [0.2, 0.25) is 0 Å². The molecule has 0 aromatic rings. The molecule has 1 atom stereocenters. The molecular formula is C9H17NO. The Bertz CT molecular complexity index is 140. The Balaban J connectivity index is 2.12. The number of rotatable bonds is 5. The highest BCUT2D eigenvalue weighted by Gasteiger charge is 2.29. The minimum Gasteiger partial charge on any atom is -0.327 e. The molecule has 0 heterocycles. The fraction of sp³-hybridized carbons (Fsp3) is 0.889. The lowest BCUT2D eigenvalue weighted by Gasteiger charge is -2.07. The Morgan fingerprint density at radius 2 is 2.27 bits per heavy atom. The molecule has 1 aliphatic rings. The Labute approximate surface area is 68.2 Å². The van der Waals surface area contributed by atoms with E-state index in [0.29, 0.717) is 24.5 Å². The molecule has 1 fully saturated rings. The van der Waals surface area contributed by atoms with Crippen molar-refractivity contribution < 1.29 is 4.79 Å². The third-order valence-corrected chi connectivity index (χ3v) is 2.22. The van der Waals surface area contributed by atoms with Crippen molar-refractivity contribution in [1.29, 1.82) is 0 Å². The smallest absolute Gasteiger partial charge is 0.134 e. The van der Waals surface area contributed by atoms with Gasteiger partial charge in [0.25, 0.3) is 0 Å². The number of ketones is 1. The van der Waals surface area contributed by atoms with Gasteiger partial charge in [-0.1, -0.05) is 6.92 Å². The molecule has 2 N–H and O–H groups in total. The van der Waals surface area contributed by atoms with Gasteiger partial charge >= 0.3 is 0 Å². The molecule has 64 valence electrons. The molecular weight excluding hydrogens is 138 g/mol. The van der Waals surface area contributed by atoms with Crippen LogP contribution in [-0.4, -0.2) is 11.8 Å². The maximum Gasteiger partial charge on any atom is 0.134 e. The van der Waals surface area contributed by atoms with Gasteiger partial charge in [0.05, 0.1) is 0 Å². The second kappa shape index (κ2) is 3.86. The summed E-state index contributed by atoms with van der Waals surface area (Å²) in [4.78, 5) is 11.1. The standard InChI is InChI=1S/C9H17NO/c1-2-3-8(11)6-9(10)7-4-5-7/h7,9H,2-6,10H2,1H3/t9-/m0/s1. The quantitative estimate of drug-likeness (QED) is 0.653. The van der Waals surface area contributed by atoms with Gasteiger partial charge in [0, 0.05) is 18.9 Å². The van der Waals surface area contributed by atoms with Crippen molar-refractivity contribution in [2.75, 3.05) is 0 Å². The van der Waals surface area contributed by atoms with Gasteiger partial charge in [0.1, 0.15) is 5.78 Å². The van der Waals surface area contributed by atoms with E-state index in [2.05, 4.69) is 0 Å². The van der Waals surface area contributed by atoms with E-state index in [4.69, 9.17) is 5.73 Å². The third kappa shape index (κ3) is 3.02. The zero-order valence-corrected chi connectivity index (χ0v) is 7.18. The van der Waals surface area contributed by atoms with Crippen molar-refractivity contribution in [3.8, 4) is 0 Å². The number of hydrogen-bond donors (Lipinski definition) is 1. The molecule has 0 aromatic carbocycles. The molecule has 0 aliphatic heterocycles. The van der Waals surface area contributed by atoms with E-state index in [0.717, 1.165) is 6.42 Å². The van der Waals surface area contributed by atoms with Crippen LogP contribution >= 0.6 is 0 Å². The molecule has 1 saturated carbocycles. The van der Waals surface area contributed by atoms with E-state index in [1.54, 1.807) is 0 Å². The predicted molar refractivity (Wildman–Crippen MR) is 45.2 cm³/mol. The molecule has 0 radical (unpaired) electrons. The van der Waals surface area contributed by atoms with Crippen LogP contribution < -0.4 is 5.73 Å². The van der Waals surface area contributed by atoms with E-state index in [9.17, 15) is 4.79 Å². The highest BCUT2D eigenvalue weighted by molar-refractivity contribution is 5.78. The molecule has 11 heavy (non-hydrogen) atoms. The molecule has 0 saturated heterocycles. The summed E-state index contributed by atoms with van der Waals surface area (Å²) >= 11 is 0. The number of nitrogens with two attached hydrogens (primary N) is 1. The summed E-state index contributed by atoms with van der Waals surface area (Å²) in [5.41, 5.74) is 5.79. The fourth-order valence-corrected chi connectivity index (χ4v) is 1.33. The van der Waals surface area contributed by atoms with Gasteiger partial charge in [-0.15, -0.1) is 0 Å². The van der Waals surface area contributed by atoms with E-state index in [1.165, 1.54) is 12.8 Å². The van der Waals surface area contributed by atoms with Gasteiger partial charge in [-0.25, -0.2) is 0 Å².